The molecule has 5 heteroatoms. The van der Waals surface area contributed by atoms with E-state index in [0.717, 1.165) is 4.88 Å². The molecule has 0 bridgehead atoms. The zero-order valence-electron chi connectivity index (χ0n) is 7.86. The van der Waals surface area contributed by atoms with Gasteiger partial charge in [0.05, 0.1) is 0 Å². The van der Waals surface area contributed by atoms with E-state index < -0.39 is 11.6 Å². The Kier molecular flexibility index (Phi) is 3.62. The van der Waals surface area contributed by atoms with Crippen molar-refractivity contribution < 1.29 is 15.0 Å². The number of aliphatic hydroxyl groups is 1. The molecule has 0 aliphatic rings. The Morgan fingerprint density at radius 3 is 2.93 bits per heavy atom. The van der Waals surface area contributed by atoms with E-state index in [4.69, 9.17) is 5.11 Å². The van der Waals surface area contributed by atoms with E-state index in [9.17, 15) is 9.90 Å². The molecule has 0 aliphatic carbocycles. The van der Waals surface area contributed by atoms with Crippen LogP contribution in [-0.2, 0) is 11.3 Å². The Labute approximate surface area is 86.2 Å². The first-order valence-corrected chi connectivity index (χ1v) is 5.09. The normalized spacial score (nSPS) is 15.0. The molecule has 0 aromatic carbocycles. The number of carboxylic acid groups (broad SMARTS) is 1. The molecule has 1 heterocycles. The number of nitrogens with one attached hydrogen (secondary N) is 1. The second-order valence-electron chi connectivity index (χ2n) is 3.26. The van der Waals surface area contributed by atoms with Crippen molar-refractivity contribution in [3.05, 3.63) is 22.4 Å². The Hall–Kier alpha value is -0.910. The van der Waals surface area contributed by atoms with Crippen molar-refractivity contribution in [2.75, 3.05) is 6.54 Å². The largest absolute Gasteiger partial charge is 0.479 e. The monoisotopic (exact) mass is 215 g/mol. The fourth-order valence-electron chi connectivity index (χ4n) is 0.918. The number of hydrogen-bond acceptors (Lipinski definition) is 4. The van der Waals surface area contributed by atoms with E-state index >= 15 is 0 Å². The highest BCUT2D eigenvalue weighted by molar-refractivity contribution is 7.09. The van der Waals surface area contributed by atoms with Gasteiger partial charge in [-0.2, -0.15) is 0 Å². The van der Waals surface area contributed by atoms with Crippen LogP contribution in [0.2, 0.25) is 0 Å². The van der Waals surface area contributed by atoms with Gasteiger partial charge in [-0.05, 0) is 18.4 Å². The van der Waals surface area contributed by atoms with E-state index in [0.29, 0.717) is 6.54 Å². The molecule has 1 rings (SSSR count). The Bertz CT molecular complexity index is 295. The van der Waals surface area contributed by atoms with Crippen LogP contribution in [0.5, 0.6) is 0 Å². The molecule has 1 aromatic heterocycles. The predicted octanol–water partition coefficient (Wildman–Crippen LogP) is 0.673. The first-order chi connectivity index (χ1) is 6.52. The molecular formula is C9H13NO3S. The Morgan fingerprint density at radius 1 is 1.71 bits per heavy atom. The van der Waals surface area contributed by atoms with Crippen molar-refractivity contribution in [1.29, 1.82) is 0 Å². The average molecular weight is 215 g/mol. The van der Waals surface area contributed by atoms with Gasteiger partial charge >= 0.3 is 5.97 Å². The highest BCUT2D eigenvalue weighted by Gasteiger charge is 2.28. The SMILES string of the molecule is CC(O)(CNCc1cccs1)C(=O)O. The average Bonchev–Trinajstić information content (AvgIpc) is 2.56. The van der Waals surface area contributed by atoms with Gasteiger partial charge in [0.15, 0.2) is 5.60 Å². The van der Waals surface area contributed by atoms with Crippen molar-refractivity contribution in [2.45, 2.75) is 19.1 Å². The third kappa shape index (κ3) is 3.10. The van der Waals surface area contributed by atoms with Gasteiger partial charge in [-0.3, -0.25) is 0 Å². The highest BCUT2D eigenvalue weighted by atomic mass is 32.1. The van der Waals surface area contributed by atoms with Gasteiger partial charge in [0.1, 0.15) is 0 Å². The molecule has 3 N–H and O–H groups in total. The molecule has 78 valence electrons. The van der Waals surface area contributed by atoms with E-state index in [1.165, 1.54) is 6.92 Å². The van der Waals surface area contributed by atoms with Crippen LogP contribution in [0.3, 0.4) is 0 Å². The van der Waals surface area contributed by atoms with Gasteiger partial charge in [-0.25, -0.2) is 4.79 Å². The van der Waals surface area contributed by atoms with Gasteiger partial charge in [0.2, 0.25) is 0 Å². The summed E-state index contributed by atoms with van der Waals surface area (Å²) in [5, 5.41) is 22.8. The molecule has 0 fully saturated rings. The van der Waals surface area contributed by atoms with Crippen LogP contribution >= 0.6 is 11.3 Å². The van der Waals surface area contributed by atoms with Crippen LogP contribution in [0.4, 0.5) is 0 Å². The summed E-state index contributed by atoms with van der Waals surface area (Å²) in [6.45, 7) is 1.90. The maximum atomic E-state index is 10.5. The van der Waals surface area contributed by atoms with Gasteiger partial charge in [0, 0.05) is 18.0 Å². The van der Waals surface area contributed by atoms with Gasteiger partial charge in [-0.15, -0.1) is 11.3 Å². The molecular weight excluding hydrogens is 202 g/mol. The maximum Gasteiger partial charge on any atom is 0.336 e. The van der Waals surface area contributed by atoms with Crippen molar-refractivity contribution in [1.82, 2.24) is 5.32 Å². The summed E-state index contributed by atoms with van der Waals surface area (Å²) in [4.78, 5) is 11.6. The summed E-state index contributed by atoms with van der Waals surface area (Å²) in [5.41, 5.74) is -1.70. The minimum atomic E-state index is -1.70. The lowest BCUT2D eigenvalue weighted by atomic mass is 10.1. The number of rotatable bonds is 5. The van der Waals surface area contributed by atoms with Crippen molar-refractivity contribution in [2.24, 2.45) is 0 Å². The first-order valence-electron chi connectivity index (χ1n) is 4.21. The molecule has 1 atom stereocenters. The lowest BCUT2D eigenvalue weighted by Crippen LogP contribution is -2.44. The van der Waals surface area contributed by atoms with Crippen LogP contribution < -0.4 is 5.32 Å². The van der Waals surface area contributed by atoms with Crippen molar-refractivity contribution in [3.8, 4) is 0 Å². The van der Waals surface area contributed by atoms with Crippen LogP contribution in [0, 0.1) is 0 Å². The fraction of sp³-hybridized carbons (Fsp3) is 0.444. The molecule has 1 aromatic rings. The topological polar surface area (TPSA) is 69.6 Å². The molecule has 0 radical (unpaired) electrons. The molecule has 14 heavy (non-hydrogen) atoms. The zero-order chi connectivity index (χ0) is 10.6. The number of aliphatic carboxylic acids is 1. The van der Waals surface area contributed by atoms with Crippen molar-refractivity contribution >= 4 is 17.3 Å². The Morgan fingerprint density at radius 2 is 2.43 bits per heavy atom. The third-order valence-corrected chi connectivity index (χ3v) is 2.69. The highest BCUT2D eigenvalue weighted by Crippen LogP contribution is 2.08. The van der Waals surface area contributed by atoms with E-state index in [2.05, 4.69) is 5.32 Å². The lowest BCUT2D eigenvalue weighted by molar-refractivity contribution is -0.156. The lowest BCUT2D eigenvalue weighted by Gasteiger charge is -2.17. The molecule has 0 amide bonds. The number of hydrogen-bond donors (Lipinski definition) is 3. The minimum Gasteiger partial charge on any atom is -0.479 e. The first kappa shape index (κ1) is 11.2. The van der Waals surface area contributed by atoms with E-state index in [1.807, 2.05) is 17.5 Å². The number of carboxylic acids is 1. The third-order valence-electron chi connectivity index (χ3n) is 1.81. The second kappa shape index (κ2) is 4.54. The minimum absolute atomic E-state index is 0.0419. The maximum absolute atomic E-state index is 10.5. The van der Waals surface area contributed by atoms with Crippen molar-refractivity contribution in [3.63, 3.8) is 0 Å². The second-order valence-corrected chi connectivity index (χ2v) is 4.29. The standard InChI is InChI=1S/C9H13NO3S/c1-9(13,8(11)12)6-10-5-7-3-2-4-14-7/h2-4,10,13H,5-6H2,1H3,(H,11,12). The van der Waals surface area contributed by atoms with E-state index in [-0.39, 0.29) is 6.54 Å². The molecule has 0 saturated carbocycles. The number of carbonyl (C=O) groups is 1. The predicted molar refractivity (Wildman–Crippen MR) is 54.3 cm³/mol. The van der Waals surface area contributed by atoms with E-state index in [1.54, 1.807) is 11.3 Å². The smallest absolute Gasteiger partial charge is 0.336 e. The van der Waals surface area contributed by atoms with Gasteiger partial charge in [-0.1, -0.05) is 6.07 Å². The summed E-state index contributed by atoms with van der Waals surface area (Å²) < 4.78 is 0. The molecule has 1 unspecified atom stereocenters. The van der Waals surface area contributed by atoms with Crippen LogP contribution in [-0.4, -0.2) is 28.3 Å². The summed E-state index contributed by atoms with van der Waals surface area (Å²) in [7, 11) is 0. The van der Waals surface area contributed by atoms with Crippen LogP contribution in [0.25, 0.3) is 0 Å². The zero-order valence-corrected chi connectivity index (χ0v) is 8.67. The summed E-state index contributed by atoms with van der Waals surface area (Å²) in [5.74, 6) is -1.21. The summed E-state index contributed by atoms with van der Waals surface area (Å²) in [6.07, 6.45) is 0. The quantitative estimate of drug-likeness (QED) is 0.675. The number of thiophene rings is 1. The summed E-state index contributed by atoms with van der Waals surface area (Å²) in [6, 6.07) is 3.88. The van der Waals surface area contributed by atoms with Crippen LogP contribution in [0.15, 0.2) is 17.5 Å². The van der Waals surface area contributed by atoms with Gasteiger partial charge < -0.3 is 15.5 Å². The molecule has 4 nitrogen and oxygen atoms in total. The molecule has 0 saturated heterocycles. The fourth-order valence-corrected chi connectivity index (χ4v) is 1.59. The molecule has 0 aliphatic heterocycles. The van der Waals surface area contributed by atoms with Gasteiger partial charge in [0.25, 0.3) is 0 Å². The summed E-state index contributed by atoms with van der Waals surface area (Å²) >= 11 is 1.59. The molecule has 0 spiro atoms. The Balaban J connectivity index is 2.31. The van der Waals surface area contributed by atoms with Crippen LogP contribution in [0.1, 0.15) is 11.8 Å².